The van der Waals surface area contributed by atoms with Crippen molar-refractivity contribution in [2.24, 2.45) is 0 Å². The van der Waals surface area contributed by atoms with E-state index in [2.05, 4.69) is 30.0 Å². The summed E-state index contributed by atoms with van der Waals surface area (Å²) in [5, 5.41) is 2.99. The zero-order chi connectivity index (χ0) is 30.2. The number of hydrogen-bond acceptors (Lipinski definition) is 8. The average molecular weight is 584 g/mol. The van der Waals surface area contributed by atoms with E-state index < -0.39 is 46.6 Å². The number of nitrogens with one attached hydrogen (secondary N) is 2. The number of ether oxygens (including phenoxy) is 1. The predicted molar refractivity (Wildman–Crippen MR) is 138 cm³/mol. The third-order valence-electron chi connectivity index (χ3n) is 6.03. The lowest BCUT2D eigenvalue weighted by Gasteiger charge is -2.16. The number of rotatable bonds is 6. The Labute approximate surface area is 231 Å². The van der Waals surface area contributed by atoms with Crippen LogP contribution in [0, 0.1) is 18.6 Å². The molecule has 0 spiro atoms. The van der Waals surface area contributed by atoms with Gasteiger partial charge < -0.3 is 15.0 Å². The fourth-order valence-electron chi connectivity index (χ4n) is 4.08. The molecule has 0 atom stereocenters. The number of benzene rings is 2. The molecule has 10 nitrogen and oxygen atoms in total. The van der Waals surface area contributed by atoms with Crippen LogP contribution in [0.3, 0.4) is 0 Å². The highest BCUT2D eigenvalue weighted by Gasteiger charge is 2.42. The predicted octanol–water partition coefficient (Wildman–Crippen LogP) is 4.62. The van der Waals surface area contributed by atoms with Crippen LogP contribution in [-0.2, 0) is 16.1 Å². The van der Waals surface area contributed by atoms with E-state index >= 15 is 0 Å². The van der Waals surface area contributed by atoms with Crippen LogP contribution in [0.1, 0.15) is 21.7 Å². The summed E-state index contributed by atoms with van der Waals surface area (Å²) in [5.41, 5.74) is -1.50. The van der Waals surface area contributed by atoms with Crippen molar-refractivity contribution in [3.8, 4) is 16.9 Å². The van der Waals surface area contributed by atoms with Crippen LogP contribution < -0.4 is 10.9 Å². The summed E-state index contributed by atoms with van der Waals surface area (Å²) in [6.45, 7) is 1.66. The summed E-state index contributed by atoms with van der Waals surface area (Å²) in [6.07, 6.45) is -2.33. The first-order valence-electron chi connectivity index (χ1n) is 12.0. The van der Waals surface area contributed by atoms with Crippen molar-refractivity contribution in [1.82, 2.24) is 24.5 Å². The lowest BCUT2D eigenvalue weighted by Crippen LogP contribution is -2.28. The molecule has 0 amide bonds. The van der Waals surface area contributed by atoms with Gasteiger partial charge >= 0.3 is 18.1 Å². The fraction of sp³-hybridized carbons (Fsp3) is 0.111. The van der Waals surface area contributed by atoms with Gasteiger partial charge in [0.25, 0.3) is 5.56 Å². The molecule has 2 aromatic carbocycles. The van der Waals surface area contributed by atoms with Crippen LogP contribution in [0.5, 0.6) is 0 Å². The maximum Gasteiger partial charge on any atom is 0.491 e. The number of para-hydroxylation sites is 1. The molecule has 0 radical (unpaired) electrons. The number of anilines is 1. The first-order valence-corrected chi connectivity index (χ1v) is 12.0. The highest BCUT2D eigenvalue weighted by atomic mass is 19.4. The number of pyridine rings is 1. The number of aromatic nitrogens is 5. The number of esters is 2. The van der Waals surface area contributed by atoms with Gasteiger partial charge in [-0.3, -0.25) is 9.36 Å². The molecule has 5 rings (SSSR count). The monoisotopic (exact) mass is 584 g/mol. The number of aryl methyl sites for hydroxylation is 1. The first kappa shape index (κ1) is 28.1. The van der Waals surface area contributed by atoms with Gasteiger partial charge in [-0.15, -0.1) is 0 Å². The number of alkyl halides is 3. The standard InChI is InChI=1S/C27H17F5N6O4/c1-13-5-6-14(24(40)42-25(41)27(30,31)32)11-16(13)21-15-7-8-20(39)38(22-17(28)3-2-4-18(22)29)23(15)37-26(36-21)35-12-19-33-9-10-34-19/h2-11H,12H2,1H3,(H,33,34)(H,35,36,37). The Hall–Kier alpha value is -5.47. The molecule has 0 aliphatic rings. The number of halogens is 5. The number of hydrogen-bond donors (Lipinski definition) is 2. The molecule has 42 heavy (non-hydrogen) atoms. The Bertz CT molecular complexity index is 1880. The van der Waals surface area contributed by atoms with E-state index in [9.17, 15) is 36.3 Å². The second-order valence-corrected chi connectivity index (χ2v) is 8.80. The van der Waals surface area contributed by atoms with Gasteiger partial charge in [-0.25, -0.2) is 28.3 Å². The largest absolute Gasteiger partial charge is 0.491 e. The Kier molecular flexibility index (Phi) is 7.24. The number of aromatic amines is 1. The molecule has 2 N–H and O–H groups in total. The summed E-state index contributed by atoms with van der Waals surface area (Å²) < 4.78 is 72.4. The average Bonchev–Trinajstić information content (AvgIpc) is 3.46. The molecule has 3 heterocycles. The van der Waals surface area contributed by atoms with E-state index in [0.29, 0.717) is 11.4 Å². The smallest absolute Gasteiger partial charge is 0.383 e. The van der Waals surface area contributed by atoms with Gasteiger partial charge in [-0.05, 0) is 42.8 Å². The lowest BCUT2D eigenvalue weighted by molar-refractivity contribution is -0.193. The molecule has 3 aromatic heterocycles. The summed E-state index contributed by atoms with van der Waals surface area (Å²) >= 11 is 0. The molecule has 214 valence electrons. The number of H-pyrrole nitrogens is 1. The molecule has 0 aliphatic carbocycles. The van der Waals surface area contributed by atoms with Crippen LogP contribution in [-0.4, -0.2) is 42.6 Å². The normalized spacial score (nSPS) is 11.5. The minimum Gasteiger partial charge on any atom is -0.383 e. The van der Waals surface area contributed by atoms with Gasteiger partial charge in [0.15, 0.2) is 5.65 Å². The van der Waals surface area contributed by atoms with E-state index in [1.807, 2.05) is 0 Å². The van der Waals surface area contributed by atoms with Gasteiger partial charge in [0, 0.05) is 29.4 Å². The van der Waals surface area contributed by atoms with E-state index in [1.54, 1.807) is 13.1 Å². The maximum absolute atomic E-state index is 14.9. The zero-order valence-corrected chi connectivity index (χ0v) is 21.3. The van der Waals surface area contributed by atoms with Crippen molar-refractivity contribution in [2.45, 2.75) is 19.6 Å². The van der Waals surface area contributed by atoms with E-state index in [0.717, 1.165) is 41.0 Å². The third kappa shape index (κ3) is 5.43. The number of carbonyl (C=O) groups excluding carboxylic acids is 2. The van der Waals surface area contributed by atoms with E-state index in [1.165, 1.54) is 18.3 Å². The molecule has 0 bridgehead atoms. The number of fused-ring (bicyclic) bond motifs is 1. The van der Waals surface area contributed by atoms with Crippen molar-refractivity contribution in [2.75, 3.05) is 5.32 Å². The second kappa shape index (κ2) is 10.8. The zero-order valence-electron chi connectivity index (χ0n) is 21.3. The van der Waals surface area contributed by atoms with Gasteiger partial charge in [0.05, 0.1) is 17.8 Å². The van der Waals surface area contributed by atoms with E-state index in [4.69, 9.17) is 0 Å². The Morgan fingerprint density at radius 1 is 1.05 bits per heavy atom. The molecule has 0 saturated carbocycles. The summed E-state index contributed by atoms with van der Waals surface area (Å²) in [6, 6.07) is 9.04. The minimum absolute atomic E-state index is 0.0433. The molecular weight excluding hydrogens is 567 g/mol. The molecule has 0 fully saturated rings. The Morgan fingerprint density at radius 3 is 2.45 bits per heavy atom. The van der Waals surface area contributed by atoms with E-state index in [-0.39, 0.29) is 34.8 Å². The maximum atomic E-state index is 14.9. The number of imidazole rings is 1. The van der Waals surface area contributed by atoms with Gasteiger partial charge in [0.2, 0.25) is 5.95 Å². The van der Waals surface area contributed by atoms with Crippen LogP contribution in [0.25, 0.3) is 28.0 Å². The topological polar surface area (TPSA) is 132 Å². The van der Waals surface area contributed by atoms with Crippen LogP contribution in [0.15, 0.2) is 65.7 Å². The number of carbonyl (C=O) groups is 2. The Morgan fingerprint density at radius 2 is 1.79 bits per heavy atom. The molecule has 0 saturated heterocycles. The van der Waals surface area contributed by atoms with Crippen LogP contribution >= 0.6 is 0 Å². The Balaban J connectivity index is 1.73. The molecule has 0 aliphatic heterocycles. The summed E-state index contributed by atoms with van der Waals surface area (Å²) in [4.78, 5) is 52.4. The van der Waals surface area contributed by atoms with Crippen LogP contribution in [0.4, 0.5) is 27.9 Å². The molecular formula is C27H17F5N6O4. The lowest BCUT2D eigenvalue weighted by atomic mass is 10.00. The molecule has 5 aromatic rings. The SMILES string of the molecule is Cc1ccc(C(=O)OC(=O)C(F)(F)F)cc1-c1nc(NCc2ncc[nH]2)nc2c1ccc(=O)n2-c1c(F)cccc1F. The fourth-order valence-corrected chi connectivity index (χ4v) is 4.08. The van der Waals surface area contributed by atoms with Gasteiger partial charge in [-0.1, -0.05) is 12.1 Å². The molecule has 15 heteroatoms. The quantitative estimate of drug-likeness (QED) is 0.168. The molecule has 0 unspecified atom stereocenters. The van der Waals surface area contributed by atoms with Gasteiger partial charge in [0.1, 0.15) is 23.1 Å². The van der Waals surface area contributed by atoms with Crippen LogP contribution in [0.2, 0.25) is 0 Å². The highest BCUT2D eigenvalue weighted by molar-refractivity contribution is 6.00. The first-order chi connectivity index (χ1) is 19.9. The number of nitrogens with zero attached hydrogens (tertiary/aromatic N) is 4. The van der Waals surface area contributed by atoms with Crippen molar-refractivity contribution >= 4 is 28.9 Å². The summed E-state index contributed by atoms with van der Waals surface area (Å²) in [5.74, 6) is -6.01. The minimum atomic E-state index is -5.40. The third-order valence-corrected chi connectivity index (χ3v) is 6.03. The highest BCUT2D eigenvalue weighted by Crippen LogP contribution is 2.32. The van der Waals surface area contributed by atoms with Crippen molar-refractivity contribution < 1.29 is 36.3 Å². The second-order valence-electron chi connectivity index (χ2n) is 8.80. The summed E-state index contributed by atoms with van der Waals surface area (Å²) in [7, 11) is 0. The van der Waals surface area contributed by atoms with Crippen molar-refractivity contribution in [1.29, 1.82) is 0 Å². The van der Waals surface area contributed by atoms with Gasteiger partial charge in [-0.2, -0.15) is 18.2 Å². The van der Waals surface area contributed by atoms with Crippen molar-refractivity contribution in [3.05, 3.63) is 99.9 Å². The van der Waals surface area contributed by atoms with Crippen molar-refractivity contribution in [3.63, 3.8) is 0 Å².